The summed E-state index contributed by atoms with van der Waals surface area (Å²) in [5.41, 5.74) is 7.55. The van der Waals surface area contributed by atoms with Gasteiger partial charge in [0.05, 0.1) is 0 Å². The average molecular weight is 216 g/mol. The van der Waals surface area contributed by atoms with Gasteiger partial charge in [0, 0.05) is 18.0 Å². The number of aryl methyl sites for hydroxylation is 1. The molecule has 0 saturated carbocycles. The van der Waals surface area contributed by atoms with Crippen molar-refractivity contribution in [2.24, 2.45) is 5.10 Å². The Morgan fingerprint density at radius 3 is 3.00 bits per heavy atom. The molecule has 0 radical (unpaired) electrons. The number of nitrogens with one attached hydrogen (secondary N) is 2. The van der Waals surface area contributed by atoms with E-state index in [4.69, 9.17) is 4.42 Å². The van der Waals surface area contributed by atoms with Crippen molar-refractivity contribution in [2.45, 2.75) is 6.92 Å². The summed E-state index contributed by atoms with van der Waals surface area (Å²) in [6, 6.07) is 7.98. The zero-order chi connectivity index (χ0) is 11.1. The van der Waals surface area contributed by atoms with Crippen molar-refractivity contribution in [1.29, 1.82) is 0 Å². The Bertz CT molecular complexity index is 572. The molecule has 0 aliphatic carbocycles. The number of amidine groups is 1. The number of hydrazone groups is 1. The highest BCUT2D eigenvalue weighted by molar-refractivity contribution is 6.08. The van der Waals surface area contributed by atoms with Crippen molar-refractivity contribution in [3.8, 4) is 0 Å². The number of hydrogen-bond acceptors (Lipinski definition) is 5. The van der Waals surface area contributed by atoms with Crippen LogP contribution in [0, 0.1) is 6.92 Å². The summed E-state index contributed by atoms with van der Waals surface area (Å²) >= 11 is 0. The maximum Gasteiger partial charge on any atom is 0.173 e. The van der Waals surface area contributed by atoms with Crippen molar-refractivity contribution in [3.63, 3.8) is 0 Å². The van der Waals surface area contributed by atoms with Crippen LogP contribution in [0.4, 0.5) is 0 Å². The van der Waals surface area contributed by atoms with E-state index in [0.29, 0.717) is 0 Å². The maximum atomic E-state index is 5.59. The van der Waals surface area contributed by atoms with Gasteiger partial charge in [0.2, 0.25) is 0 Å². The molecule has 16 heavy (non-hydrogen) atoms. The molecule has 1 aromatic heterocycles. The fourth-order valence-electron chi connectivity index (χ4n) is 1.90. The third-order valence-corrected chi connectivity index (χ3v) is 2.62. The van der Waals surface area contributed by atoms with E-state index < -0.39 is 0 Å². The zero-order valence-electron chi connectivity index (χ0n) is 9.11. The molecule has 3 rings (SSSR count). The number of fused-ring (bicyclic) bond motifs is 1. The Balaban J connectivity index is 2.23. The molecule has 0 unspecified atom stereocenters. The Morgan fingerprint density at radius 2 is 2.25 bits per heavy atom. The van der Waals surface area contributed by atoms with Gasteiger partial charge < -0.3 is 4.42 Å². The minimum absolute atomic E-state index is 0.853. The number of furan rings is 1. The van der Waals surface area contributed by atoms with E-state index in [-0.39, 0.29) is 0 Å². The van der Waals surface area contributed by atoms with Crippen LogP contribution in [0.25, 0.3) is 11.0 Å². The van der Waals surface area contributed by atoms with E-state index in [1.165, 1.54) is 0 Å². The van der Waals surface area contributed by atoms with Gasteiger partial charge in [0.25, 0.3) is 0 Å². The molecule has 82 valence electrons. The SMILES string of the molecule is Cc1cc2c(C3=NNNN3C)cccc2o1. The van der Waals surface area contributed by atoms with E-state index in [1.54, 1.807) is 0 Å². The third-order valence-electron chi connectivity index (χ3n) is 2.62. The molecule has 0 atom stereocenters. The second-order valence-electron chi connectivity index (χ2n) is 3.79. The van der Waals surface area contributed by atoms with Crippen LogP contribution in [0.3, 0.4) is 0 Å². The molecular formula is C11H12N4O. The molecule has 0 amide bonds. The first kappa shape index (κ1) is 9.23. The fourth-order valence-corrected chi connectivity index (χ4v) is 1.90. The molecular weight excluding hydrogens is 204 g/mol. The molecule has 2 N–H and O–H groups in total. The lowest BCUT2D eigenvalue weighted by molar-refractivity contribution is 0.349. The highest BCUT2D eigenvalue weighted by Crippen LogP contribution is 2.24. The van der Waals surface area contributed by atoms with Crippen LogP contribution in [-0.2, 0) is 0 Å². The summed E-state index contributed by atoms with van der Waals surface area (Å²) in [5.74, 6) is 1.76. The van der Waals surface area contributed by atoms with Gasteiger partial charge in [-0.1, -0.05) is 12.1 Å². The lowest BCUT2D eigenvalue weighted by atomic mass is 10.1. The minimum atomic E-state index is 0.853. The normalized spacial score (nSPS) is 15.4. The standard InChI is InChI=1S/C11H12N4O/c1-7-6-9-8(4-3-5-10(9)16-7)11-12-13-14-15(11)2/h3-6,13-14H,1-2H3. The average Bonchev–Trinajstić information content (AvgIpc) is 2.82. The molecule has 2 aromatic rings. The predicted octanol–water partition coefficient (Wildman–Crippen LogP) is 1.36. The van der Waals surface area contributed by atoms with Crippen LogP contribution < -0.4 is 11.1 Å². The highest BCUT2D eigenvalue weighted by atomic mass is 16.3. The van der Waals surface area contributed by atoms with E-state index in [1.807, 2.05) is 43.2 Å². The molecule has 1 aliphatic heterocycles. The van der Waals surface area contributed by atoms with E-state index in [9.17, 15) is 0 Å². The van der Waals surface area contributed by atoms with E-state index >= 15 is 0 Å². The number of hydrazine groups is 2. The summed E-state index contributed by atoms with van der Waals surface area (Å²) < 4.78 is 5.59. The quantitative estimate of drug-likeness (QED) is 0.755. The predicted molar refractivity (Wildman–Crippen MR) is 61.5 cm³/mol. The third kappa shape index (κ3) is 1.25. The monoisotopic (exact) mass is 216 g/mol. The van der Waals surface area contributed by atoms with Gasteiger partial charge in [-0.25, -0.2) is 5.53 Å². The molecule has 1 aromatic carbocycles. The van der Waals surface area contributed by atoms with Gasteiger partial charge in [-0.15, -0.1) is 10.6 Å². The fraction of sp³-hybridized carbons (Fsp3) is 0.182. The molecule has 0 saturated heterocycles. The van der Waals surface area contributed by atoms with Crippen LogP contribution in [0.2, 0.25) is 0 Å². The van der Waals surface area contributed by atoms with Crippen molar-refractivity contribution < 1.29 is 4.42 Å². The molecule has 2 heterocycles. The first-order chi connectivity index (χ1) is 7.75. The van der Waals surface area contributed by atoms with Gasteiger partial charge in [-0.2, -0.15) is 0 Å². The Kier molecular flexibility index (Phi) is 1.87. The number of hydrogen-bond donors (Lipinski definition) is 2. The second-order valence-corrected chi connectivity index (χ2v) is 3.79. The topological polar surface area (TPSA) is 52.8 Å². The molecule has 0 spiro atoms. The van der Waals surface area contributed by atoms with E-state index in [2.05, 4.69) is 16.2 Å². The van der Waals surface area contributed by atoms with Crippen LogP contribution in [0.15, 0.2) is 33.8 Å². The van der Waals surface area contributed by atoms with Crippen molar-refractivity contribution in [3.05, 3.63) is 35.6 Å². The number of nitrogens with zero attached hydrogens (tertiary/aromatic N) is 2. The highest BCUT2D eigenvalue weighted by Gasteiger charge is 2.17. The van der Waals surface area contributed by atoms with Crippen LogP contribution in [0.5, 0.6) is 0 Å². The van der Waals surface area contributed by atoms with Crippen LogP contribution >= 0.6 is 0 Å². The van der Waals surface area contributed by atoms with Crippen LogP contribution in [-0.4, -0.2) is 17.9 Å². The van der Waals surface area contributed by atoms with E-state index in [0.717, 1.165) is 28.1 Å². The van der Waals surface area contributed by atoms with Crippen molar-refractivity contribution in [2.75, 3.05) is 7.05 Å². The van der Waals surface area contributed by atoms with Crippen LogP contribution in [0.1, 0.15) is 11.3 Å². The first-order valence-electron chi connectivity index (χ1n) is 5.07. The van der Waals surface area contributed by atoms with Gasteiger partial charge in [0.15, 0.2) is 5.84 Å². The molecule has 0 bridgehead atoms. The molecule has 5 heteroatoms. The lowest BCUT2D eigenvalue weighted by Gasteiger charge is -2.12. The minimum Gasteiger partial charge on any atom is -0.461 e. The van der Waals surface area contributed by atoms with Crippen molar-refractivity contribution >= 4 is 16.8 Å². The Hall–Kier alpha value is -2.01. The van der Waals surface area contributed by atoms with Gasteiger partial charge >= 0.3 is 0 Å². The largest absolute Gasteiger partial charge is 0.461 e. The second kappa shape index (κ2) is 3.24. The summed E-state index contributed by atoms with van der Waals surface area (Å²) in [7, 11) is 1.91. The van der Waals surface area contributed by atoms with Gasteiger partial charge in [-0.05, 0) is 19.1 Å². The molecule has 1 aliphatic rings. The summed E-state index contributed by atoms with van der Waals surface area (Å²) in [6.07, 6.45) is 0. The summed E-state index contributed by atoms with van der Waals surface area (Å²) in [5, 5.41) is 7.10. The Morgan fingerprint density at radius 1 is 1.38 bits per heavy atom. The number of benzene rings is 1. The lowest BCUT2D eigenvalue weighted by Crippen LogP contribution is -2.37. The Labute approximate surface area is 92.7 Å². The first-order valence-corrected chi connectivity index (χ1v) is 5.07. The van der Waals surface area contributed by atoms with Crippen molar-refractivity contribution in [1.82, 2.24) is 16.1 Å². The summed E-state index contributed by atoms with van der Waals surface area (Å²) in [6.45, 7) is 1.94. The molecule has 0 fully saturated rings. The van der Waals surface area contributed by atoms with Gasteiger partial charge in [0.1, 0.15) is 11.3 Å². The van der Waals surface area contributed by atoms with Gasteiger partial charge in [-0.3, -0.25) is 5.01 Å². The molecule has 5 nitrogen and oxygen atoms in total. The maximum absolute atomic E-state index is 5.59. The zero-order valence-corrected chi connectivity index (χ0v) is 9.11. The smallest absolute Gasteiger partial charge is 0.173 e. The summed E-state index contributed by atoms with van der Waals surface area (Å²) in [4.78, 5) is 0. The number of rotatable bonds is 1.